The summed E-state index contributed by atoms with van der Waals surface area (Å²) >= 11 is 0. The van der Waals surface area contributed by atoms with Crippen molar-refractivity contribution in [3.8, 4) is 0 Å². The number of nitrogens with two attached hydrogens (primary N) is 1. The van der Waals surface area contributed by atoms with Crippen molar-refractivity contribution < 1.29 is 4.79 Å². The molecule has 1 aliphatic heterocycles. The second-order valence-electron chi connectivity index (χ2n) is 4.68. The number of amides is 1. The molecule has 1 aliphatic rings. The molecule has 0 saturated carbocycles. The van der Waals surface area contributed by atoms with Gasteiger partial charge in [-0.25, -0.2) is 0 Å². The molecule has 6 heteroatoms. The molecule has 1 unspecified atom stereocenters. The lowest BCUT2D eigenvalue weighted by atomic mass is 10.1. The van der Waals surface area contributed by atoms with Crippen LogP contribution in [0.3, 0.4) is 0 Å². The number of aryl methyl sites for hydroxylation is 1. The van der Waals surface area contributed by atoms with Crippen LogP contribution in [0.1, 0.15) is 28.9 Å². The number of nitrogens with one attached hydrogen (secondary N) is 2. The maximum Gasteiger partial charge on any atom is 0.257 e. The van der Waals surface area contributed by atoms with Crippen LogP contribution in [0.4, 0.5) is 5.82 Å². The number of H-pyrrole nitrogens is 1. The average molecular weight is 237 g/mol. The summed E-state index contributed by atoms with van der Waals surface area (Å²) in [6, 6.07) is 0.204. The summed E-state index contributed by atoms with van der Waals surface area (Å²) in [5, 5.41) is 9.56. The first-order valence-corrected chi connectivity index (χ1v) is 5.87. The summed E-state index contributed by atoms with van der Waals surface area (Å²) in [4.78, 5) is 14.3. The Morgan fingerprint density at radius 1 is 1.65 bits per heavy atom. The van der Waals surface area contributed by atoms with E-state index >= 15 is 0 Å². The van der Waals surface area contributed by atoms with E-state index in [1.165, 1.54) is 0 Å². The minimum atomic E-state index is -0.131. The average Bonchev–Trinajstić information content (AvgIpc) is 2.58. The number of likely N-dealkylation sites (N-methyl/N-ethyl adjacent to an activating group) is 1. The molecule has 17 heavy (non-hydrogen) atoms. The van der Waals surface area contributed by atoms with E-state index in [0.29, 0.717) is 11.3 Å². The molecular formula is C11H19N5O. The van der Waals surface area contributed by atoms with Gasteiger partial charge in [0.25, 0.3) is 5.91 Å². The van der Waals surface area contributed by atoms with E-state index in [9.17, 15) is 4.79 Å². The van der Waals surface area contributed by atoms with Crippen LogP contribution in [-0.4, -0.2) is 47.2 Å². The summed E-state index contributed by atoms with van der Waals surface area (Å²) in [6.07, 6.45) is 2.13. The van der Waals surface area contributed by atoms with E-state index in [2.05, 4.69) is 27.5 Å². The quantitative estimate of drug-likeness (QED) is 0.682. The van der Waals surface area contributed by atoms with Gasteiger partial charge in [-0.15, -0.1) is 0 Å². The molecular weight excluding hydrogens is 218 g/mol. The lowest BCUT2D eigenvalue weighted by molar-refractivity contribution is 0.0913. The van der Waals surface area contributed by atoms with Gasteiger partial charge < -0.3 is 16.0 Å². The molecule has 0 aliphatic carbocycles. The van der Waals surface area contributed by atoms with Gasteiger partial charge in [0.2, 0.25) is 0 Å². The Balaban J connectivity index is 2.02. The van der Waals surface area contributed by atoms with Crippen LogP contribution in [0.15, 0.2) is 0 Å². The highest BCUT2D eigenvalue weighted by Gasteiger charge is 2.22. The molecule has 0 spiro atoms. The third-order valence-electron chi connectivity index (χ3n) is 3.16. The molecule has 1 aromatic heterocycles. The second-order valence-corrected chi connectivity index (χ2v) is 4.68. The first-order chi connectivity index (χ1) is 8.08. The number of carbonyl (C=O) groups is 1. The van der Waals surface area contributed by atoms with Crippen molar-refractivity contribution in [2.24, 2.45) is 0 Å². The zero-order valence-electron chi connectivity index (χ0n) is 10.3. The highest BCUT2D eigenvalue weighted by Crippen LogP contribution is 2.14. The van der Waals surface area contributed by atoms with E-state index in [0.717, 1.165) is 25.9 Å². The number of hydrogen-bond acceptors (Lipinski definition) is 4. The summed E-state index contributed by atoms with van der Waals surface area (Å²) in [5.41, 5.74) is 6.84. The van der Waals surface area contributed by atoms with Gasteiger partial charge in [0.1, 0.15) is 5.56 Å². The maximum absolute atomic E-state index is 12.1. The summed E-state index contributed by atoms with van der Waals surface area (Å²) < 4.78 is 0. The van der Waals surface area contributed by atoms with Crippen molar-refractivity contribution in [2.45, 2.75) is 25.8 Å². The van der Waals surface area contributed by atoms with Crippen molar-refractivity contribution >= 4 is 11.7 Å². The van der Waals surface area contributed by atoms with E-state index in [1.807, 2.05) is 0 Å². The summed E-state index contributed by atoms with van der Waals surface area (Å²) in [7, 11) is 2.07. The topological polar surface area (TPSA) is 87.0 Å². The molecule has 6 nitrogen and oxygen atoms in total. The number of likely N-dealkylation sites (tertiary alicyclic amines) is 1. The van der Waals surface area contributed by atoms with Crippen LogP contribution in [0, 0.1) is 6.92 Å². The molecule has 0 radical (unpaired) electrons. The molecule has 1 aromatic rings. The number of nitrogens with zero attached hydrogens (tertiary/aromatic N) is 2. The van der Waals surface area contributed by atoms with Crippen molar-refractivity contribution in [1.82, 2.24) is 20.4 Å². The van der Waals surface area contributed by atoms with E-state index < -0.39 is 0 Å². The Hall–Kier alpha value is -1.56. The number of anilines is 1. The number of nitrogen functional groups attached to an aromatic ring is 1. The molecule has 1 saturated heterocycles. The van der Waals surface area contributed by atoms with Crippen LogP contribution in [0.25, 0.3) is 0 Å². The first kappa shape index (κ1) is 11.9. The molecule has 2 heterocycles. The van der Waals surface area contributed by atoms with Crippen molar-refractivity contribution in [3.63, 3.8) is 0 Å². The first-order valence-electron chi connectivity index (χ1n) is 5.87. The molecule has 0 bridgehead atoms. The van der Waals surface area contributed by atoms with Crippen molar-refractivity contribution in [3.05, 3.63) is 11.3 Å². The van der Waals surface area contributed by atoms with Gasteiger partial charge in [-0.1, -0.05) is 0 Å². The molecule has 2 rings (SSSR count). The molecule has 1 fully saturated rings. The maximum atomic E-state index is 12.1. The monoisotopic (exact) mass is 237 g/mol. The van der Waals surface area contributed by atoms with Gasteiger partial charge in [-0.2, -0.15) is 5.10 Å². The fourth-order valence-corrected chi connectivity index (χ4v) is 2.28. The minimum Gasteiger partial charge on any atom is -0.382 e. The largest absolute Gasteiger partial charge is 0.382 e. The predicted molar refractivity (Wildman–Crippen MR) is 65.7 cm³/mol. The van der Waals surface area contributed by atoms with Gasteiger partial charge in [0.15, 0.2) is 5.82 Å². The number of hydrogen-bond donors (Lipinski definition) is 3. The van der Waals surface area contributed by atoms with Gasteiger partial charge in [0, 0.05) is 18.3 Å². The van der Waals surface area contributed by atoms with Crippen LogP contribution in [0.5, 0.6) is 0 Å². The number of piperidine rings is 1. The number of aromatic nitrogens is 2. The third kappa shape index (κ3) is 2.58. The molecule has 4 N–H and O–H groups in total. The van der Waals surface area contributed by atoms with Gasteiger partial charge in [-0.3, -0.25) is 9.89 Å². The van der Waals surface area contributed by atoms with Crippen LogP contribution in [0.2, 0.25) is 0 Å². The van der Waals surface area contributed by atoms with Crippen LogP contribution in [-0.2, 0) is 0 Å². The Bertz CT molecular complexity index is 394. The predicted octanol–water partition coefficient (Wildman–Crippen LogP) is 0.124. The molecule has 0 aromatic carbocycles. The standard InChI is InChI=1S/C11H19N5O/c1-7-9(10(12)15-14-7)11(17)13-8-4-3-5-16(2)6-8/h8H,3-6H2,1-2H3,(H,13,17)(H3,12,14,15). The molecule has 1 atom stereocenters. The van der Waals surface area contributed by atoms with E-state index in [-0.39, 0.29) is 17.8 Å². The Kier molecular flexibility index (Phi) is 3.33. The van der Waals surface area contributed by atoms with Crippen LogP contribution >= 0.6 is 0 Å². The number of rotatable bonds is 2. The fraction of sp³-hybridized carbons (Fsp3) is 0.636. The Labute approximate surface area is 101 Å². The summed E-state index contributed by atoms with van der Waals surface area (Å²) in [6.45, 7) is 3.78. The van der Waals surface area contributed by atoms with Gasteiger partial charge >= 0.3 is 0 Å². The SMILES string of the molecule is Cc1[nH]nc(N)c1C(=O)NC1CCCN(C)C1. The zero-order chi connectivity index (χ0) is 12.4. The zero-order valence-corrected chi connectivity index (χ0v) is 10.3. The second kappa shape index (κ2) is 4.75. The summed E-state index contributed by atoms with van der Waals surface area (Å²) in [5.74, 6) is 0.137. The third-order valence-corrected chi connectivity index (χ3v) is 3.16. The highest BCUT2D eigenvalue weighted by molar-refractivity contribution is 5.99. The highest BCUT2D eigenvalue weighted by atomic mass is 16.1. The van der Waals surface area contributed by atoms with E-state index in [4.69, 9.17) is 5.73 Å². The minimum absolute atomic E-state index is 0.131. The number of aromatic amines is 1. The molecule has 94 valence electrons. The van der Waals surface area contributed by atoms with Gasteiger partial charge in [0.05, 0.1) is 0 Å². The molecule has 1 amide bonds. The smallest absolute Gasteiger partial charge is 0.257 e. The lowest BCUT2D eigenvalue weighted by Gasteiger charge is -2.30. The van der Waals surface area contributed by atoms with Crippen molar-refractivity contribution in [1.29, 1.82) is 0 Å². The lowest BCUT2D eigenvalue weighted by Crippen LogP contribution is -2.46. The Morgan fingerprint density at radius 3 is 3.00 bits per heavy atom. The fourth-order valence-electron chi connectivity index (χ4n) is 2.28. The number of carbonyl (C=O) groups excluding carboxylic acids is 1. The van der Waals surface area contributed by atoms with Crippen molar-refractivity contribution in [2.75, 3.05) is 25.9 Å². The van der Waals surface area contributed by atoms with Crippen LogP contribution < -0.4 is 11.1 Å². The normalized spacial score (nSPS) is 21.4. The van der Waals surface area contributed by atoms with Gasteiger partial charge in [-0.05, 0) is 33.4 Å². The van der Waals surface area contributed by atoms with E-state index in [1.54, 1.807) is 6.92 Å². The Morgan fingerprint density at radius 2 is 2.41 bits per heavy atom.